The molecule has 0 aromatic heterocycles. The lowest BCUT2D eigenvalue weighted by Crippen LogP contribution is -2.55. The maximum Gasteiger partial charge on any atom is 0.334 e. The van der Waals surface area contributed by atoms with Crippen LogP contribution in [0.1, 0.15) is 31.2 Å². The average molecular weight is 618 g/mol. The lowest BCUT2D eigenvalue weighted by Gasteiger charge is -2.24. The summed E-state index contributed by atoms with van der Waals surface area (Å²) in [5, 5.41) is 20.6. The molecule has 1 heterocycles. The molecule has 0 saturated carbocycles. The number of carbonyl (C=O) groups is 3. The van der Waals surface area contributed by atoms with Gasteiger partial charge in [-0.25, -0.2) is 4.79 Å². The van der Waals surface area contributed by atoms with Crippen LogP contribution in [-0.4, -0.2) is 55.0 Å². The molecule has 3 aromatic carbocycles. The van der Waals surface area contributed by atoms with E-state index in [1.54, 1.807) is 12.1 Å². The third-order valence-electron chi connectivity index (χ3n) is 6.84. The summed E-state index contributed by atoms with van der Waals surface area (Å²) in [5.74, 6) is -1.12. The molecule has 226 valence electrons. The number of rotatable bonds is 12. The van der Waals surface area contributed by atoms with Gasteiger partial charge in [0, 0.05) is 18.4 Å². The van der Waals surface area contributed by atoms with Crippen molar-refractivity contribution in [1.29, 1.82) is 5.41 Å². The summed E-state index contributed by atoms with van der Waals surface area (Å²) in [4.78, 5) is 39.9. The molecule has 0 unspecified atom stereocenters. The van der Waals surface area contributed by atoms with Crippen molar-refractivity contribution in [1.82, 2.24) is 21.3 Å². The van der Waals surface area contributed by atoms with Crippen LogP contribution in [0.4, 0.5) is 0 Å². The van der Waals surface area contributed by atoms with Crippen molar-refractivity contribution in [2.24, 2.45) is 5.73 Å². The molecule has 4 rings (SSSR count). The number of guanidine groups is 1. The first-order valence-corrected chi connectivity index (χ1v) is 13.6. The van der Waals surface area contributed by atoms with Gasteiger partial charge in [0.15, 0.2) is 5.96 Å². The first kappa shape index (κ1) is 34.3. The maximum absolute atomic E-state index is 13.6. The number of halogens is 2. The second kappa shape index (κ2) is 17.2. The van der Waals surface area contributed by atoms with Crippen LogP contribution in [0.3, 0.4) is 0 Å². The van der Waals surface area contributed by atoms with Gasteiger partial charge in [-0.15, -0.1) is 24.8 Å². The van der Waals surface area contributed by atoms with Crippen molar-refractivity contribution in [3.8, 4) is 5.75 Å². The van der Waals surface area contributed by atoms with Gasteiger partial charge in [-0.1, -0.05) is 66.7 Å². The lowest BCUT2D eigenvalue weighted by atomic mass is 10.0. The molecule has 1 aliphatic rings. The van der Waals surface area contributed by atoms with E-state index >= 15 is 0 Å². The fourth-order valence-corrected chi connectivity index (χ4v) is 4.75. The number of ether oxygens (including phenoxy) is 1. The Kier molecular flexibility index (Phi) is 14.0. The second-order valence-electron chi connectivity index (χ2n) is 9.84. The van der Waals surface area contributed by atoms with Crippen LogP contribution in [0.25, 0.3) is 10.8 Å². The third-order valence-corrected chi connectivity index (χ3v) is 6.84. The fourth-order valence-electron chi connectivity index (χ4n) is 4.75. The largest absolute Gasteiger partial charge is 0.424 e. The Bertz CT molecular complexity index is 1330. The van der Waals surface area contributed by atoms with E-state index in [0.29, 0.717) is 25.1 Å². The Morgan fingerprint density at radius 2 is 1.67 bits per heavy atom. The summed E-state index contributed by atoms with van der Waals surface area (Å²) < 4.78 is 5.79. The molecule has 1 aliphatic heterocycles. The first-order valence-electron chi connectivity index (χ1n) is 13.6. The monoisotopic (exact) mass is 616 g/mol. The Hall–Kier alpha value is -3.86. The van der Waals surface area contributed by atoms with Crippen molar-refractivity contribution in [2.75, 3.05) is 13.1 Å². The van der Waals surface area contributed by atoms with Gasteiger partial charge in [0.25, 0.3) is 0 Å². The van der Waals surface area contributed by atoms with Crippen LogP contribution in [0.15, 0.2) is 72.8 Å². The molecular formula is C30H38Cl2N6O4. The van der Waals surface area contributed by atoms with Gasteiger partial charge in [0.05, 0.1) is 6.04 Å². The minimum Gasteiger partial charge on any atom is -0.424 e. The highest BCUT2D eigenvalue weighted by Gasteiger charge is 2.31. The highest BCUT2D eigenvalue weighted by Crippen LogP contribution is 2.25. The zero-order chi connectivity index (χ0) is 28.3. The number of nitrogens with one attached hydrogen (secondary N) is 5. The fraction of sp³-hybridized carbons (Fsp3) is 0.333. The second-order valence-corrected chi connectivity index (χ2v) is 9.84. The van der Waals surface area contributed by atoms with Crippen molar-refractivity contribution < 1.29 is 19.1 Å². The zero-order valence-electron chi connectivity index (χ0n) is 23.1. The number of esters is 1. The summed E-state index contributed by atoms with van der Waals surface area (Å²) in [6.45, 7) is 1.10. The number of fused-ring (bicyclic) bond motifs is 1. The smallest absolute Gasteiger partial charge is 0.334 e. The number of amides is 2. The molecule has 0 aliphatic carbocycles. The van der Waals surface area contributed by atoms with E-state index in [2.05, 4.69) is 21.3 Å². The molecule has 1 fully saturated rings. The van der Waals surface area contributed by atoms with Gasteiger partial charge in [-0.2, -0.15) is 0 Å². The van der Waals surface area contributed by atoms with E-state index in [-0.39, 0.29) is 55.6 Å². The summed E-state index contributed by atoms with van der Waals surface area (Å²) in [7, 11) is 0. The molecule has 0 bridgehead atoms. The number of hydrogen-bond acceptors (Lipinski definition) is 6. The minimum absolute atomic E-state index is 0. The van der Waals surface area contributed by atoms with Crippen LogP contribution in [0, 0.1) is 5.41 Å². The van der Waals surface area contributed by atoms with Crippen molar-refractivity contribution >= 4 is 59.3 Å². The normalized spacial score (nSPS) is 15.3. The quantitative estimate of drug-likeness (QED) is 0.0600. The molecule has 0 radical (unpaired) electrons. The van der Waals surface area contributed by atoms with Gasteiger partial charge in [0.1, 0.15) is 17.8 Å². The highest BCUT2D eigenvalue weighted by atomic mass is 35.5. The molecule has 2 amide bonds. The van der Waals surface area contributed by atoms with Gasteiger partial charge in [0.2, 0.25) is 11.8 Å². The molecule has 10 nitrogen and oxygen atoms in total. The van der Waals surface area contributed by atoms with Crippen molar-refractivity contribution in [3.63, 3.8) is 0 Å². The number of nitrogens with two attached hydrogens (primary N) is 1. The Morgan fingerprint density at radius 1 is 0.952 bits per heavy atom. The van der Waals surface area contributed by atoms with E-state index in [1.165, 1.54) is 0 Å². The van der Waals surface area contributed by atoms with Crippen LogP contribution < -0.4 is 31.7 Å². The molecular weight excluding hydrogens is 579 g/mol. The summed E-state index contributed by atoms with van der Waals surface area (Å²) in [6, 6.07) is 20.2. The van der Waals surface area contributed by atoms with Gasteiger partial charge in [-0.3, -0.25) is 15.0 Å². The SMILES string of the molecule is Cl.Cl.N=C(N)NCCC[C@H](NC(=O)[C@H](Cc1ccccc1)NC(=O)[C@@H]1CCCN1)C(=O)Oc1cccc2ccccc12. The molecule has 12 heteroatoms. The number of carbonyl (C=O) groups excluding carboxylic acids is 3. The standard InChI is InChI=1S/C30H36N6O4.2ClH/c31-30(32)34-18-8-15-24(29(39)40-26-16-6-12-21-11-4-5-13-22(21)26)35-28(38)25(19-20-9-2-1-3-10-20)36-27(37)23-14-7-17-33-23;;/h1-6,9-13,16,23-25,33H,7-8,14-15,17-19H2,(H,35,38)(H,36,37)(H4,31,32,34);2*1H/t23-,24-,25-;;/m0../s1. The molecule has 1 saturated heterocycles. The van der Waals surface area contributed by atoms with Gasteiger partial charge >= 0.3 is 5.97 Å². The van der Waals surface area contributed by atoms with E-state index < -0.39 is 24.0 Å². The summed E-state index contributed by atoms with van der Waals surface area (Å²) >= 11 is 0. The van der Waals surface area contributed by atoms with Crippen LogP contribution in [0.5, 0.6) is 5.75 Å². The maximum atomic E-state index is 13.6. The van der Waals surface area contributed by atoms with Crippen LogP contribution in [-0.2, 0) is 20.8 Å². The molecule has 7 N–H and O–H groups in total. The van der Waals surface area contributed by atoms with Crippen LogP contribution in [0.2, 0.25) is 0 Å². The predicted molar refractivity (Wildman–Crippen MR) is 168 cm³/mol. The molecule has 0 spiro atoms. The summed E-state index contributed by atoms with van der Waals surface area (Å²) in [5.41, 5.74) is 6.26. The average Bonchev–Trinajstić information content (AvgIpc) is 3.50. The molecule has 3 atom stereocenters. The van der Waals surface area contributed by atoms with Crippen molar-refractivity contribution in [3.05, 3.63) is 78.4 Å². The first-order chi connectivity index (χ1) is 19.4. The lowest BCUT2D eigenvalue weighted by molar-refractivity contribution is -0.140. The molecule has 42 heavy (non-hydrogen) atoms. The Balaban J connectivity index is 0.00000308. The zero-order valence-corrected chi connectivity index (χ0v) is 24.8. The minimum atomic E-state index is -0.986. The Morgan fingerprint density at radius 3 is 2.38 bits per heavy atom. The third kappa shape index (κ3) is 9.90. The summed E-state index contributed by atoms with van der Waals surface area (Å²) in [6.07, 6.45) is 2.55. The number of benzene rings is 3. The van der Waals surface area contributed by atoms with E-state index in [9.17, 15) is 14.4 Å². The highest BCUT2D eigenvalue weighted by molar-refractivity contribution is 5.94. The predicted octanol–water partition coefficient (Wildman–Crippen LogP) is 2.82. The number of hydrogen-bond donors (Lipinski definition) is 6. The van der Waals surface area contributed by atoms with E-state index in [4.69, 9.17) is 15.9 Å². The molecule has 3 aromatic rings. The van der Waals surface area contributed by atoms with Gasteiger partial charge < -0.3 is 31.7 Å². The Labute approximate surface area is 257 Å². The van der Waals surface area contributed by atoms with E-state index in [0.717, 1.165) is 29.3 Å². The van der Waals surface area contributed by atoms with Crippen LogP contribution >= 0.6 is 24.8 Å². The van der Waals surface area contributed by atoms with Crippen molar-refractivity contribution in [2.45, 2.75) is 50.2 Å². The van der Waals surface area contributed by atoms with Gasteiger partial charge in [-0.05, 0) is 49.2 Å². The van der Waals surface area contributed by atoms with E-state index in [1.807, 2.05) is 60.7 Å². The topological polar surface area (TPSA) is 158 Å².